The number of sulfonamides is 1. The Morgan fingerprint density at radius 1 is 1.36 bits per heavy atom. The number of benzene rings is 1. The summed E-state index contributed by atoms with van der Waals surface area (Å²) >= 11 is 0. The summed E-state index contributed by atoms with van der Waals surface area (Å²) in [6, 6.07) is 5.51. The molecule has 120 valence electrons. The molecule has 0 spiro atoms. The third-order valence-electron chi connectivity index (χ3n) is 5.08. The molecule has 22 heavy (non-hydrogen) atoms. The molecule has 7 nitrogen and oxygen atoms in total. The molecular formula is C14H19N3O4S. The first kappa shape index (κ1) is 15.4. The SMILES string of the molecule is NCC12CCC1CCCN2S(=O)(=O)c1ccccc1[N+](=O)[O-]. The number of nitro benzene ring substituents is 1. The first-order chi connectivity index (χ1) is 10.4. The zero-order valence-electron chi connectivity index (χ0n) is 12.1. The van der Waals surface area contributed by atoms with Crippen LogP contribution in [0.4, 0.5) is 5.69 Å². The largest absolute Gasteiger partial charge is 0.329 e. The fourth-order valence-electron chi connectivity index (χ4n) is 3.80. The lowest BCUT2D eigenvalue weighted by atomic mass is 9.63. The predicted molar refractivity (Wildman–Crippen MR) is 80.7 cm³/mol. The van der Waals surface area contributed by atoms with Crippen LogP contribution >= 0.6 is 0 Å². The number of nitrogens with zero attached hydrogens (tertiary/aromatic N) is 2. The summed E-state index contributed by atoms with van der Waals surface area (Å²) < 4.78 is 27.5. The highest BCUT2D eigenvalue weighted by molar-refractivity contribution is 7.89. The Hall–Kier alpha value is -1.51. The Labute approximate surface area is 129 Å². The maximum atomic E-state index is 13.0. The number of nitro groups is 1. The van der Waals surface area contributed by atoms with Crippen molar-refractivity contribution in [2.24, 2.45) is 11.7 Å². The second-order valence-electron chi connectivity index (χ2n) is 5.99. The van der Waals surface area contributed by atoms with Gasteiger partial charge < -0.3 is 5.73 Å². The molecule has 1 heterocycles. The van der Waals surface area contributed by atoms with E-state index in [1.165, 1.54) is 28.6 Å². The summed E-state index contributed by atoms with van der Waals surface area (Å²) in [5.41, 5.74) is 4.97. The van der Waals surface area contributed by atoms with E-state index in [0.29, 0.717) is 6.54 Å². The third kappa shape index (κ3) is 2.05. The molecule has 0 bridgehead atoms. The fraction of sp³-hybridized carbons (Fsp3) is 0.571. The van der Waals surface area contributed by atoms with Crippen LogP contribution in [0.2, 0.25) is 0 Å². The molecule has 1 aliphatic carbocycles. The number of para-hydroxylation sites is 1. The topological polar surface area (TPSA) is 107 Å². The first-order valence-corrected chi connectivity index (χ1v) is 8.84. The molecule has 1 aliphatic heterocycles. The highest BCUT2D eigenvalue weighted by Crippen LogP contribution is 2.50. The van der Waals surface area contributed by atoms with Gasteiger partial charge in [0.25, 0.3) is 5.69 Å². The first-order valence-electron chi connectivity index (χ1n) is 7.40. The molecule has 0 aromatic heterocycles. The molecule has 1 aromatic carbocycles. The molecular weight excluding hydrogens is 306 g/mol. The van der Waals surface area contributed by atoms with Crippen LogP contribution < -0.4 is 5.73 Å². The lowest BCUT2D eigenvalue weighted by Gasteiger charge is -2.57. The molecule has 2 N–H and O–H groups in total. The van der Waals surface area contributed by atoms with Crippen LogP contribution in [0.5, 0.6) is 0 Å². The minimum absolute atomic E-state index is 0.236. The van der Waals surface area contributed by atoms with E-state index in [-0.39, 0.29) is 23.0 Å². The van der Waals surface area contributed by atoms with Gasteiger partial charge in [-0.3, -0.25) is 10.1 Å². The van der Waals surface area contributed by atoms with Crippen LogP contribution in [0.25, 0.3) is 0 Å². The van der Waals surface area contributed by atoms with E-state index >= 15 is 0 Å². The maximum Gasteiger partial charge on any atom is 0.289 e. The van der Waals surface area contributed by atoms with Crippen LogP contribution in [0, 0.1) is 16.0 Å². The molecule has 2 atom stereocenters. The molecule has 8 heteroatoms. The van der Waals surface area contributed by atoms with Gasteiger partial charge >= 0.3 is 0 Å². The van der Waals surface area contributed by atoms with Gasteiger partial charge in [-0.1, -0.05) is 12.1 Å². The van der Waals surface area contributed by atoms with Crippen molar-refractivity contribution in [3.05, 3.63) is 34.4 Å². The fourth-order valence-corrected chi connectivity index (χ4v) is 5.86. The number of fused-ring (bicyclic) bond motifs is 1. The summed E-state index contributed by atoms with van der Waals surface area (Å²) in [7, 11) is -3.93. The second-order valence-corrected chi connectivity index (χ2v) is 7.82. The number of hydrogen-bond acceptors (Lipinski definition) is 5. The van der Waals surface area contributed by atoms with Gasteiger partial charge in [0.1, 0.15) is 0 Å². The molecule has 1 aromatic rings. The van der Waals surface area contributed by atoms with E-state index in [1.807, 2.05) is 0 Å². The Kier molecular flexibility index (Phi) is 3.70. The summed E-state index contributed by atoms with van der Waals surface area (Å²) in [6.45, 7) is 0.639. The van der Waals surface area contributed by atoms with Gasteiger partial charge in [0.15, 0.2) is 4.90 Å². The van der Waals surface area contributed by atoms with Crippen LogP contribution in [-0.2, 0) is 10.0 Å². The van der Waals surface area contributed by atoms with Gasteiger partial charge in [-0.25, -0.2) is 8.42 Å². The average molecular weight is 325 g/mol. The number of nitrogens with two attached hydrogens (primary N) is 1. The molecule has 1 saturated heterocycles. The van der Waals surface area contributed by atoms with Crippen molar-refractivity contribution in [1.82, 2.24) is 4.31 Å². The minimum Gasteiger partial charge on any atom is -0.329 e. The second kappa shape index (κ2) is 5.29. The van der Waals surface area contributed by atoms with E-state index in [4.69, 9.17) is 5.73 Å². The zero-order chi connectivity index (χ0) is 16.0. The number of rotatable bonds is 4. The van der Waals surface area contributed by atoms with E-state index in [9.17, 15) is 18.5 Å². The quantitative estimate of drug-likeness (QED) is 0.666. The number of hydrogen-bond donors (Lipinski definition) is 1. The average Bonchev–Trinajstić information content (AvgIpc) is 2.48. The van der Waals surface area contributed by atoms with Crippen molar-refractivity contribution in [2.75, 3.05) is 13.1 Å². The van der Waals surface area contributed by atoms with Crippen LogP contribution in [0.15, 0.2) is 29.2 Å². The van der Waals surface area contributed by atoms with Crippen molar-refractivity contribution < 1.29 is 13.3 Å². The van der Waals surface area contributed by atoms with Crippen molar-refractivity contribution >= 4 is 15.7 Å². The standard InChI is InChI=1S/C14H19N3O4S/c15-10-14-8-7-11(14)4-3-9-16(14)22(20,21)13-6-2-1-5-12(13)17(18)19/h1-2,5-6,11H,3-4,7-10,15H2. The van der Waals surface area contributed by atoms with Crippen LogP contribution in [-0.4, -0.2) is 36.3 Å². The molecule has 0 amide bonds. The van der Waals surface area contributed by atoms with Gasteiger partial charge in [-0.2, -0.15) is 4.31 Å². The van der Waals surface area contributed by atoms with Gasteiger partial charge in [-0.05, 0) is 37.7 Å². The number of piperidine rings is 1. The zero-order valence-corrected chi connectivity index (χ0v) is 13.0. The van der Waals surface area contributed by atoms with Crippen molar-refractivity contribution in [3.8, 4) is 0 Å². The smallest absolute Gasteiger partial charge is 0.289 e. The van der Waals surface area contributed by atoms with Crippen molar-refractivity contribution in [1.29, 1.82) is 0 Å². The van der Waals surface area contributed by atoms with Crippen LogP contribution in [0.3, 0.4) is 0 Å². The molecule has 2 unspecified atom stereocenters. The van der Waals surface area contributed by atoms with Gasteiger partial charge in [0, 0.05) is 19.2 Å². The van der Waals surface area contributed by atoms with Gasteiger partial charge in [0.05, 0.1) is 10.5 Å². The Bertz CT molecular complexity index is 702. The van der Waals surface area contributed by atoms with E-state index in [1.54, 1.807) is 0 Å². The molecule has 2 fully saturated rings. The highest BCUT2D eigenvalue weighted by atomic mass is 32.2. The van der Waals surface area contributed by atoms with Gasteiger partial charge in [0.2, 0.25) is 10.0 Å². The normalized spacial score (nSPS) is 28.7. The van der Waals surface area contributed by atoms with E-state index in [0.717, 1.165) is 25.7 Å². The Morgan fingerprint density at radius 3 is 2.68 bits per heavy atom. The lowest BCUT2D eigenvalue weighted by Crippen LogP contribution is -2.67. The molecule has 1 saturated carbocycles. The van der Waals surface area contributed by atoms with E-state index < -0.39 is 20.5 Å². The monoisotopic (exact) mass is 325 g/mol. The molecule has 2 aliphatic rings. The van der Waals surface area contributed by atoms with Crippen LogP contribution in [0.1, 0.15) is 25.7 Å². The van der Waals surface area contributed by atoms with E-state index in [2.05, 4.69) is 0 Å². The molecule has 0 radical (unpaired) electrons. The summed E-state index contributed by atoms with van der Waals surface area (Å²) in [5.74, 6) is 0.267. The summed E-state index contributed by atoms with van der Waals surface area (Å²) in [5, 5.41) is 11.2. The third-order valence-corrected chi connectivity index (χ3v) is 7.11. The Balaban J connectivity index is 2.08. The maximum absolute atomic E-state index is 13.0. The van der Waals surface area contributed by atoms with Gasteiger partial charge in [-0.15, -0.1) is 0 Å². The Morgan fingerprint density at radius 2 is 2.09 bits per heavy atom. The predicted octanol–water partition coefficient (Wildman–Crippen LogP) is 1.49. The lowest BCUT2D eigenvalue weighted by molar-refractivity contribution is -0.387. The summed E-state index contributed by atoms with van der Waals surface area (Å²) in [4.78, 5) is 10.3. The molecule has 3 rings (SSSR count). The summed E-state index contributed by atoms with van der Waals surface area (Å²) in [6.07, 6.45) is 3.44. The minimum atomic E-state index is -3.93. The highest BCUT2D eigenvalue weighted by Gasteiger charge is 2.56. The van der Waals surface area contributed by atoms with Crippen molar-refractivity contribution in [2.45, 2.75) is 36.1 Å². The van der Waals surface area contributed by atoms with Crippen molar-refractivity contribution in [3.63, 3.8) is 0 Å².